The first kappa shape index (κ1) is 25.9. The number of nitro benzene ring substituents is 1. The minimum absolute atomic E-state index is 0.0890. The van der Waals surface area contributed by atoms with Gasteiger partial charge in [-0.1, -0.05) is 42.5 Å². The van der Waals surface area contributed by atoms with E-state index in [2.05, 4.69) is 5.32 Å². The topological polar surface area (TPSA) is 136 Å². The molecule has 1 aliphatic rings. The van der Waals surface area contributed by atoms with Gasteiger partial charge in [-0.3, -0.25) is 19.7 Å². The Morgan fingerprint density at radius 1 is 1.08 bits per heavy atom. The number of nitrogens with zero attached hydrogens (tertiary/aromatic N) is 2. The zero-order chi connectivity index (χ0) is 26.6. The summed E-state index contributed by atoms with van der Waals surface area (Å²) in [7, 11) is -3.94. The Hall–Kier alpha value is -4.16. The summed E-state index contributed by atoms with van der Waals surface area (Å²) in [5.74, 6) is -2.65. The molecule has 1 aliphatic heterocycles. The Morgan fingerprint density at radius 3 is 2.51 bits per heavy atom. The average molecular weight is 528 g/mol. The van der Waals surface area contributed by atoms with Gasteiger partial charge in [0.25, 0.3) is 11.6 Å². The second-order valence-electron chi connectivity index (χ2n) is 8.23. The lowest BCUT2D eigenvalue weighted by atomic mass is 9.92. The number of benzene rings is 3. The maximum absolute atomic E-state index is 13.9. The third-order valence-electron chi connectivity index (χ3n) is 5.87. The van der Waals surface area contributed by atoms with Crippen LogP contribution in [0.15, 0.2) is 77.7 Å². The lowest BCUT2D eigenvalue weighted by Crippen LogP contribution is -2.41. The molecule has 0 bridgehead atoms. The summed E-state index contributed by atoms with van der Waals surface area (Å²) in [4.78, 5) is 35.2. The summed E-state index contributed by atoms with van der Waals surface area (Å²) in [6.07, 6.45) is 0.104. The Kier molecular flexibility index (Phi) is 7.60. The van der Waals surface area contributed by atoms with Crippen molar-refractivity contribution in [2.24, 2.45) is 0 Å². The van der Waals surface area contributed by atoms with E-state index in [1.165, 1.54) is 16.4 Å². The Labute approximate surface area is 211 Å². The highest BCUT2D eigenvalue weighted by Gasteiger charge is 2.37. The van der Waals surface area contributed by atoms with Gasteiger partial charge in [0.05, 0.1) is 28.0 Å². The van der Waals surface area contributed by atoms with Crippen molar-refractivity contribution in [3.8, 4) is 0 Å². The molecular weight excluding hydrogens is 505 g/mol. The van der Waals surface area contributed by atoms with Gasteiger partial charge in [0.15, 0.2) is 6.61 Å². The van der Waals surface area contributed by atoms with Crippen LogP contribution >= 0.6 is 0 Å². The van der Waals surface area contributed by atoms with Gasteiger partial charge >= 0.3 is 5.97 Å². The van der Waals surface area contributed by atoms with Gasteiger partial charge in [0.2, 0.25) is 10.0 Å². The van der Waals surface area contributed by atoms with Crippen molar-refractivity contribution in [2.45, 2.75) is 23.8 Å². The smallest absolute Gasteiger partial charge is 0.308 e. The minimum atomic E-state index is -3.94. The quantitative estimate of drug-likeness (QED) is 0.269. The van der Waals surface area contributed by atoms with Gasteiger partial charge < -0.3 is 10.1 Å². The molecule has 1 N–H and O–H groups in total. The molecule has 0 radical (unpaired) electrons. The van der Waals surface area contributed by atoms with Crippen molar-refractivity contribution in [1.82, 2.24) is 4.31 Å². The zero-order valence-corrected chi connectivity index (χ0v) is 20.2. The van der Waals surface area contributed by atoms with Gasteiger partial charge in [0, 0.05) is 18.7 Å². The molecule has 3 aromatic rings. The van der Waals surface area contributed by atoms with E-state index in [-0.39, 0.29) is 17.9 Å². The summed E-state index contributed by atoms with van der Waals surface area (Å²) < 4.78 is 47.0. The maximum atomic E-state index is 13.9. The molecule has 37 heavy (non-hydrogen) atoms. The third-order valence-corrected chi connectivity index (χ3v) is 7.79. The molecule has 0 aromatic heterocycles. The van der Waals surface area contributed by atoms with E-state index in [1.54, 1.807) is 30.3 Å². The van der Waals surface area contributed by atoms with Crippen LogP contribution in [-0.2, 0) is 30.8 Å². The lowest BCUT2D eigenvalue weighted by Gasteiger charge is -2.36. The molecule has 0 saturated carbocycles. The van der Waals surface area contributed by atoms with Crippen LogP contribution in [0.25, 0.3) is 0 Å². The number of halogens is 1. The second kappa shape index (κ2) is 10.8. The highest BCUT2D eigenvalue weighted by molar-refractivity contribution is 7.89. The molecule has 3 aromatic carbocycles. The van der Waals surface area contributed by atoms with E-state index in [9.17, 15) is 32.5 Å². The van der Waals surface area contributed by atoms with Crippen LogP contribution in [0, 0.1) is 15.9 Å². The SMILES string of the molecule is O=C(COC(=O)CC1c2ccccc2CCN1S(=O)(=O)c1ccccc1)Nc1cc([N+](=O)[O-])ccc1F. The average Bonchev–Trinajstić information content (AvgIpc) is 2.89. The Morgan fingerprint density at radius 2 is 1.78 bits per heavy atom. The number of non-ortho nitro benzene ring substituents is 1. The summed E-state index contributed by atoms with van der Waals surface area (Å²) >= 11 is 0. The van der Waals surface area contributed by atoms with E-state index in [1.807, 2.05) is 12.1 Å². The monoisotopic (exact) mass is 527 g/mol. The number of hydrogen-bond acceptors (Lipinski definition) is 7. The van der Waals surface area contributed by atoms with Crippen LogP contribution in [0.1, 0.15) is 23.6 Å². The first-order chi connectivity index (χ1) is 17.7. The third kappa shape index (κ3) is 5.81. The van der Waals surface area contributed by atoms with Gasteiger partial charge in [-0.15, -0.1) is 0 Å². The number of carbonyl (C=O) groups excluding carboxylic acids is 2. The first-order valence-electron chi connectivity index (χ1n) is 11.2. The molecule has 1 unspecified atom stereocenters. The molecule has 4 rings (SSSR count). The van der Waals surface area contributed by atoms with E-state index in [0.717, 1.165) is 23.8 Å². The summed E-state index contributed by atoms with van der Waals surface area (Å²) in [5.41, 5.74) is 0.702. The maximum Gasteiger partial charge on any atom is 0.308 e. The van der Waals surface area contributed by atoms with Crippen LogP contribution in [-0.4, -0.2) is 42.7 Å². The fourth-order valence-corrected chi connectivity index (χ4v) is 5.75. The van der Waals surface area contributed by atoms with Crippen molar-refractivity contribution >= 4 is 33.3 Å². The predicted octanol–water partition coefficient (Wildman–Crippen LogP) is 3.59. The number of esters is 1. The number of nitrogens with one attached hydrogen (secondary N) is 1. The molecule has 0 spiro atoms. The molecule has 192 valence electrons. The molecule has 1 atom stereocenters. The number of sulfonamides is 1. The van der Waals surface area contributed by atoms with Crippen molar-refractivity contribution in [2.75, 3.05) is 18.5 Å². The van der Waals surface area contributed by atoms with Crippen molar-refractivity contribution in [3.05, 3.63) is 99.9 Å². The number of rotatable bonds is 8. The number of nitro groups is 1. The molecule has 0 aliphatic carbocycles. The molecule has 10 nitrogen and oxygen atoms in total. The largest absolute Gasteiger partial charge is 0.456 e. The standard InChI is InChI=1S/C25H22FN3O7S/c26-21-11-10-18(29(32)33)14-22(21)27-24(30)16-36-25(31)15-23-20-9-5-4-6-17(20)12-13-28(23)37(34,35)19-7-2-1-3-8-19/h1-11,14,23H,12-13,15-16H2,(H,27,30). The first-order valence-corrected chi connectivity index (χ1v) is 12.6. The summed E-state index contributed by atoms with van der Waals surface area (Å²) in [6.45, 7) is -0.639. The number of ether oxygens (including phenoxy) is 1. The summed E-state index contributed by atoms with van der Waals surface area (Å²) in [6, 6.07) is 16.8. The van der Waals surface area contributed by atoms with Crippen LogP contribution in [0.4, 0.5) is 15.8 Å². The number of anilines is 1. The molecule has 12 heteroatoms. The van der Waals surface area contributed by atoms with E-state index in [0.29, 0.717) is 12.0 Å². The predicted molar refractivity (Wildman–Crippen MR) is 130 cm³/mol. The Balaban J connectivity index is 1.48. The van der Waals surface area contributed by atoms with E-state index < -0.39 is 56.7 Å². The number of hydrogen-bond donors (Lipinski definition) is 1. The molecule has 0 saturated heterocycles. The van der Waals surface area contributed by atoms with Crippen molar-refractivity contribution in [3.63, 3.8) is 0 Å². The molecule has 1 amide bonds. The number of carbonyl (C=O) groups is 2. The van der Waals surface area contributed by atoms with Crippen molar-refractivity contribution in [1.29, 1.82) is 0 Å². The summed E-state index contributed by atoms with van der Waals surface area (Å²) in [5, 5.41) is 13.0. The van der Waals surface area contributed by atoms with Gasteiger partial charge in [0.1, 0.15) is 5.82 Å². The lowest BCUT2D eigenvalue weighted by molar-refractivity contribution is -0.384. The molecule has 0 fully saturated rings. The van der Waals surface area contributed by atoms with Crippen LogP contribution in [0.5, 0.6) is 0 Å². The van der Waals surface area contributed by atoms with Crippen LogP contribution in [0.3, 0.4) is 0 Å². The molecule has 1 heterocycles. The van der Waals surface area contributed by atoms with Gasteiger partial charge in [-0.25, -0.2) is 12.8 Å². The van der Waals surface area contributed by atoms with Gasteiger partial charge in [-0.2, -0.15) is 4.31 Å². The minimum Gasteiger partial charge on any atom is -0.456 e. The van der Waals surface area contributed by atoms with Crippen molar-refractivity contribution < 1.29 is 32.1 Å². The normalized spacial score (nSPS) is 15.4. The Bertz CT molecular complexity index is 1450. The number of amides is 1. The van der Waals surface area contributed by atoms with Crippen LogP contribution < -0.4 is 5.32 Å². The van der Waals surface area contributed by atoms with Crippen LogP contribution in [0.2, 0.25) is 0 Å². The van der Waals surface area contributed by atoms with E-state index in [4.69, 9.17) is 4.74 Å². The second-order valence-corrected chi connectivity index (χ2v) is 10.1. The fourth-order valence-electron chi connectivity index (χ4n) is 4.13. The number of fused-ring (bicyclic) bond motifs is 1. The highest BCUT2D eigenvalue weighted by atomic mass is 32.2. The molecular formula is C25H22FN3O7S. The fraction of sp³-hybridized carbons (Fsp3) is 0.200. The highest BCUT2D eigenvalue weighted by Crippen LogP contribution is 2.36. The van der Waals surface area contributed by atoms with E-state index >= 15 is 0 Å². The zero-order valence-electron chi connectivity index (χ0n) is 19.4. The van der Waals surface area contributed by atoms with Gasteiger partial charge in [-0.05, 0) is 35.7 Å².